The number of nitrogens with zero attached hydrogens (tertiary/aromatic N) is 2. The van der Waals surface area contributed by atoms with Gasteiger partial charge in [0.25, 0.3) is 0 Å². The van der Waals surface area contributed by atoms with Gasteiger partial charge in [-0.05, 0) is 18.2 Å². The first-order valence-corrected chi connectivity index (χ1v) is 5.53. The summed E-state index contributed by atoms with van der Waals surface area (Å²) in [5, 5.41) is 9.10. The largest absolute Gasteiger partial charge is 0.437 e. The van der Waals surface area contributed by atoms with E-state index in [1.165, 1.54) is 6.33 Å². The van der Waals surface area contributed by atoms with E-state index in [0.717, 1.165) is 5.52 Å². The number of aromatic amines is 1. The summed E-state index contributed by atoms with van der Waals surface area (Å²) >= 11 is 0. The number of hydrogen-bond acceptors (Lipinski definition) is 4. The molecule has 2 aromatic heterocycles. The number of aromatic nitrogens is 3. The minimum atomic E-state index is -0.0683. The third-order valence-electron chi connectivity index (χ3n) is 2.57. The van der Waals surface area contributed by atoms with Crippen LogP contribution < -0.4 is 4.74 Å². The zero-order valence-corrected chi connectivity index (χ0v) is 9.50. The van der Waals surface area contributed by atoms with Crippen molar-refractivity contribution >= 4 is 11.0 Å². The lowest BCUT2D eigenvalue weighted by Gasteiger charge is -2.04. The lowest BCUT2D eigenvalue weighted by atomic mass is 10.3. The zero-order valence-electron chi connectivity index (χ0n) is 9.50. The Balaban J connectivity index is 2.03. The summed E-state index contributed by atoms with van der Waals surface area (Å²) in [6, 6.07) is 11.2. The molecular weight excluding hydrogens is 230 g/mol. The molecule has 0 saturated carbocycles. The first-order chi connectivity index (χ1) is 8.86. The summed E-state index contributed by atoms with van der Waals surface area (Å²) in [4.78, 5) is 11.3. The summed E-state index contributed by atoms with van der Waals surface area (Å²) in [7, 11) is 0. The molecule has 5 nitrogen and oxygen atoms in total. The summed E-state index contributed by atoms with van der Waals surface area (Å²) in [5.74, 6) is 1.16. The number of hydrogen-bond donors (Lipinski definition) is 2. The highest BCUT2D eigenvalue weighted by Gasteiger charge is 2.09. The van der Waals surface area contributed by atoms with E-state index in [-0.39, 0.29) is 6.61 Å². The number of fused-ring (bicyclic) bond motifs is 1. The molecule has 0 amide bonds. The average molecular weight is 241 g/mol. The number of ether oxygens (including phenoxy) is 1. The molecular formula is C13H11N3O2. The van der Waals surface area contributed by atoms with Gasteiger partial charge in [0.2, 0.25) is 5.88 Å². The second kappa shape index (κ2) is 4.46. The Morgan fingerprint density at radius 3 is 2.78 bits per heavy atom. The predicted molar refractivity (Wildman–Crippen MR) is 66.3 cm³/mol. The van der Waals surface area contributed by atoms with Gasteiger partial charge in [-0.25, -0.2) is 4.98 Å². The molecule has 3 rings (SSSR count). The zero-order chi connectivity index (χ0) is 12.4. The van der Waals surface area contributed by atoms with E-state index >= 15 is 0 Å². The fraction of sp³-hybridized carbons (Fsp3) is 0.0769. The fourth-order valence-corrected chi connectivity index (χ4v) is 1.73. The maximum Gasteiger partial charge on any atom is 0.247 e. The summed E-state index contributed by atoms with van der Waals surface area (Å²) in [6.07, 6.45) is 1.44. The van der Waals surface area contributed by atoms with Crippen LogP contribution in [-0.4, -0.2) is 20.1 Å². The van der Waals surface area contributed by atoms with Crippen molar-refractivity contribution in [2.45, 2.75) is 6.61 Å². The molecule has 1 aromatic carbocycles. The van der Waals surface area contributed by atoms with Gasteiger partial charge < -0.3 is 14.8 Å². The van der Waals surface area contributed by atoms with Crippen molar-refractivity contribution in [3.05, 3.63) is 48.4 Å². The maximum atomic E-state index is 9.10. The Labute approximate surface area is 103 Å². The molecule has 0 aliphatic carbocycles. The van der Waals surface area contributed by atoms with Crippen molar-refractivity contribution in [2.24, 2.45) is 0 Å². The Morgan fingerprint density at radius 1 is 1.17 bits per heavy atom. The quantitative estimate of drug-likeness (QED) is 0.737. The third kappa shape index (κ3) is 1.91. The van der Waals surface area contributed by atoms with Gasteiger partial charge in [-0.15, -0.1) is 0 Å². The maximum absolute atomic E-state index is 9.10. The van der Waals surface area contributed by atoms with E-state index in [4.69, 9.17) is 9.84 Å². The summed E-state index contributed by atoms with van der Waals surface area (Å²) < 4.78 is 5.69. The highest BCUT2D eigenvalue weighted by molar-refractivity contribution is 5.80. The lowest BCUT2D eigenvalue weighted by Crippen LogP contribution is -1.90. The molecule has 0 atom stereocenters. The number of para-hydroxylation sites is 1. The van der Waals surface area contributed by atoms with Crippen molar-refractivity contribution in [1.29, 1.82) is 0 Å². The monoisotopic (exact) mass is 241 g/mol. The predicted octanol–water partition coefficient (Wildman–Crippen LogP) is 2.24. The fourth-order valence-electron chi connectivity index (χ4n) is 1.73. The highest BCUT2D eigenvalue weighted by Crippen LogP contribution is 2.26. The molecule has 0 saturated heterocycles. The van der Waals surface area contributed by atoms with Crippen molar-refractivity contribution in [2.75, 3.05) is 0 Å². The number of benzene rings is 1. The van der Waals surface area contributed by atoms with Crippen LogP contribution in [-0.2, 0) is 6.61 Å². The Bertz CT molecular complexity index is 664. The topological polar surface area (TPSA) is 71.0 Å². The molecule has 0 bridgehead atoms. The molecule has 2 N–H and O–H groups in total. The van der Waals surface area contributed by atoms with Gasteiger partial charge in [-0.3, -0.25) is 0 Å². The van der Waals surface area contributed by atoms with Crippen molar-refractivity contribution < 1.29 is 9.84 Å². The molecule has 0 radical (unpaired) electrons. The lowest BCUT2D eigenvalue weighted by molar-refractivity contribution is 0.278. The number of nitrogens with one attached hydrogen (secondary N) is 1. The molecule has 90 valence electrons. The van der Waals surface area contributed by atoms with Gasteiger partial charge in [0.15, 0.2) is 0 Å². The van der Waals surface area contributed by atoms with Crippen molar-refractivity contribution in [3.8, 4) is 11.6 Å². The SMILES string of the molecule is OCc1cc2ncnc(Oc3ccccc3)c2[nH]1. The highest BCUT2D eigenvalue weighted by atomic mass is 16.5. The molecule has 3 aromatic rings. The van der Waals surface area contributed by atoms with Crippen LogP contribution in [0.5, 0.6) is 11.6 Å². The third-order valence-corrected chi connectivity index (χ3v) is 2.57. The minimum Gasteiger partial charge on any atom is -0.437 e. The van der Waals surface area contributed by atoms with E-state index in [1.54, 1.807) is 6.07 Å². The minimum absolute atomic E-state index is 0.0683. The van der Waals surface area contributed by atoms with Crippen LogP contribution in [0.1, 0.15) is 5.69 Å². The number of rotatable bonds is 3. The van der Waals surface area contributed by atoms with Crippen LogP contribution in [0.4, 0.5) is 0 Å². The molecule has 0 aliphatic rings. The van der Waals surface area contributed by atoms with E-state index in [0.29, 0.717) is 22.8 Å². The summed E-state index contributed by atoms with van der Waals surface area (Å²) in [5.41, 5.74) is 2.09. The van der Waals surface area contributed by atoms with E-state index in [9.17, 15) is 0 Å². The van der Waals surface area contributed by atoms with E-state index in [2.05, 4.69) is 15.0 Å². The van der Waals surface area contributed by atoms with Crippen LogP contribution in [0, 0.1) is 0 Å². The average Bonchev–Trinajstić information content (AvgIpc) is 2.84. The van der Waals surface area contributed by atoms with Crippen LogP contribution in [0.3, 0.4) is 0 Å². The Morgan fingerprint density at radius 2 is 2.00 bits per heavy atom. The number of aliphatic hydroxyl groups excluding tert-OH is 1. The van der Waals surface area contributed by atoms with Crippen molar-refractivity contribution in [3.63, 3.8) is 0 Å². The van der Waals surface area contributed by atoms with Crippen LogP contribution in [0.15, 0.2) is 42.7 Å². The summed E-state index contributed by atoms with van der Waals surface area (Å²) in [6.45, 7) is -0.0683. The van der Waals surface area contributed by atoms with Gasteiger partial charge >= 0.3 is 0 Å². The Kier molecular flexibility index (Phi) is 2.66. The first-order valence-electron chi connectivity index (χ1n) is 5.53. The van der Waals surface area contributed by atoms with Gasteiger partial charge in [0.1, 0.15) is 17.6 Å². The standard InChI is InChI=1S/C13H11N3O2/c17-7-9-6-11-12(16-9)13(15-8-14-11)18-10-4-2-1-3-5-10/h1-6,8,16-17H,7H2. The van der Waals surface area contributed by atoms with Gasteiger partial charge in [0.05, 0.1) is 12.1 Å². The van der Waals surface area contributed by atoms with Crippen molar-refractivity contribution in [1.82, 2.24) is 15.0 Å². The first kappa shape index (κ1) is 10.7. The normalized spacial score (nSPS) is 10.7. The van der Waals surface area contributed by atoms with Gasteiger partial charge in [-0.1, -0.05) is 18.2 Å². The van der Waals surface area contributed by atoms with Gasteiger partial charge in [-0.2, -0.15) is 4.98 Å². The number of H-pyrrole nitrogens is 1. The van der Waals surface area contributed by atoms with Crippen LogP contribution >= 0.6 is 0 Å². The second-order valence-electron chi connectivity index (χ2n) is 3.81. The van der Waals surface area contributed by atoms with E-state index < -0.39 is 0 Å². The second-order valence-corrected chi connectivity index (χ2v) is 3.81. The molecule has 0 fully saturated rings. The van der Waals surface area contributed by atoms with Crippen LogP contribution in [0.2, 0.25) is 0 Å². The molecule has 18 heavy (non-hydrogen) atoms. The Hall–Kier alpha value is -2.40. The molecule has 0 aliphatic heterocycles. The molecule has 0 spiro atoms. The van der Waals surface area contributed by atoms with Gasteiger partial charge in [0, 0.05) is 5.69 Å². The smallest absolute Gasteiger partial charge is 0.247 e. The van der Waals surface area contributed by atoms with Crippen LogP contribution in [0.25, 0.3) is 11.0 Å². The number of aliphatic hydroxyl groups is 1. The van der Waals surface area contributed by atoms with E-state index in [1.807, 2.05) is 30.3 Å². The molecule has 5 heteroatoms. The molecule has 0 unspecified atom stereocenters. The molecule has 2 heterocycles.